The van der Waals surface area contributed by atoms with Gasteiger partial charge in [0, 0.05) is 0 Å². The Morgan fingerprint density at radius 3 is 0.844 bits per heavy atom. The van der Waals surface area contributed by atoms with Gasteiger partial charge in [-0.1, -0.05) is 129 Å². The number of ether oxygens (including phenoxy) is 2. The van der Waals surface area contributed by atoms with Gasteiger partial charge in [-0.25, -0.2) is 0 Å². The van der Waals surface area contributed by atoms with Crippen LogP contribution in [0.25, 0.3) is 0 Å². The molecule has 0 aromatic carbocycles. The number of unbranched alkanes of at least 4 members (excludes halogenated alkanes) is 28. The van der Waals surface area contributed by atoms with E-state index in [-0.39, 0.29) is 0 Å². The number of hydrogen-bond donors (Lipinski definition) is 0. The van der Waals surface area contributed by atoms with Crippen LogP contribution >= 0.6 is 0 Å². The molecule has 0 saturated carbocycles. The standard InChI is InChI=1S/C42H80O2Se/c1-3-5-7-9-11-13-15-17-19-21-23-25-27-29-31-35-43-37-33-41-39-45-40-42(41)34-38-44-36-32-30-28-26-24-22-20-18-16-14-12-10-8-6-4-2/h39-40H,3-38H2,1-2H3. The van der Waals surface area contributed by atoms with Gasteiger partial charge in [0.05, 0.1) is 0 Å². The van der Waals surface area contributed by atoms with E-state index in [0.717, 1.165) is 39.3 Å². The second-order valence-corrected chi connectivity index (χ2v) is 15.6. The maximum atomic E-state index is 6.01. The van der Waals surface area contributed by atoms with Gasteiger partial charge in [0.15, 0.2) is 0 Å². The summed E-state index contributed by atoms with van der Waals surface area (Å²) >= 11 is 0.549. The zero-order chi connectivity index (χ0) is 32.1. The normalized spacial score (nSPS) is 11.6. The van der Waals surface area contributed by atoms with E-state index in [2.05, 4.69) is 23.7 Å². The van der Waals surface area contributed by atoms with E-state index in [9.17, 15) is 0 Å². The molecule has 0 unspecified atom stereocenters. The van der Waals surface area contributed by atoms with Crippen molar-refractivity contribution >= 4 is 14.5 Å². The van der Waals surface area contributed by atoms with Crippen molar-refractivity contribution in [1.29, 1.82) is 0 Å². The first-order valence-corrected chi connectivity index (χ1v) is 22.6. The number of rotatable bonds is 38. The second kappa shape index (κ2) is 36.8. The average Bonchev–Trinajstić information content (AvgIpc) is 3.50. The summed E-state index contributed by atoms with van der Waals surface area (Å²) in [5, 5.41) is 0. The predicted molar refractivity (Wildman–Crippen MR) is 202 cm³/mol. The van der Waals surface area contributed by atoms with Crippen LogP contribution in [0.5, 0.6) is 0 Å². The summed E-state index contributed by atoms with van der Waals surface area (Å²) in [5.41, 5.74) is 3.09. The Hall–Kier alpha value is -0.0805. The summed E-state index contributed by atoms with van der Waals surface area (Å²) in [4.78, 5) is 4.93. The monoisotopic (exact) mass is 697 g/mol. The van der Waals surface area contributed by atoms with Gasteiger partial charge in [-0.15, -0.1) is 0 Å². The first-order valence-electron chi connectivity index (χ1n) is 20.6. The molecule has 1 aromatic heterocycles. The molecule has 0 N–H and O–H groups in total. The van der Waals surface area contributed by atoms with E-state index in [1.54, 1.807) is 11.1 Å². The first-order chi connectivity index (χ1) is 22.4. The fraction of sp³-hybridized carbons (Fsp3) is 0.905. The zero-order valence-corrected chi connectivity index (χ0v) is 32.5. The SMILES string of the molecule is CCCCCCCCCCCCCCCCCOCCc1c[se]cc1CCOCCCCCCCCCCCCCCCCC. The van der Waals surface area contributed by atoms with E-state index >= 15 is 0 Å². The van der Waals surface area contributed by atoms with E-state index in [0.29, 0.717) is 14.5 Å². The molecule has 0 spiro atoms. The van der Waals surface area contributed by atoms with Gasteiger partial charge in [0.2, 0.25) is 0 Å². The minimum atomic E-state index is 0.549. The van der Waals surface area contributed by atoms with Crippen molar-refractivity contribution in [2.24, 2.45) is 0 Å². The van der Waals surface area contributed by atoms with Crippen LogP contribution in [0.15, 0.2) is 9.88 Å². The van der Waals surface area contributed by atoms with Crippen molar-refractivity contribution in [3.8, 4) is 0 Å². The van der Waals surface area contributed by atoms with Crippen molar-refractivity contribution < 1.29 is 9.47 Å². The molecule has 1 aromatic rings. The summed E-state index contributed by atoms with van der Waals surface area (Å²) in [5.74, 6) is 0. The molecule has 0 aliphatic heterocycles. The Kier molecular flexibility index (Phi) is 35.1. The van der Waals surface area contributed by atoms with Gasteiger partial charge in [-0.3, -0.25) is 0 Å². The van der Waals surface area contributed by atoms with Crippen molar-refractivity contribution in [2.45, 2.75) is 219 Å². The van der Waals surface area contributed by atoms with Gasteiger partial charge >= 0.3 is 161 Å². The van der Waals surface area contributed by atoms with Crippen LogP contribution < -0.4 is 0 Å². The van der Waals surface area contributed by atoms with E-state index in [4.69, 9.17) is 9.47 Å². The zero-order valence-electron chi connectivity index (χ0n) is 30.8. The van der Waals surface area contributed by atoms with Crippen molar-refractivity contribution in [2.75, 3.05) is 26.4 Å². The molecule has 0 saturated heterocycles. The Morgan fingerprint density at radius 1 is 0.333 bits per heavy atom. The average molecular weight is 696 g/mol. The summed E-state index contributed by atoms with van der Waals surface area (Å²) in [7, 11) is 0. The van der Waals surface area contributed by atoms with Gasteiger partial charge < -0.3 is 0 Å². The molecule has 0 bridgehead atoms. The van der Waals surface area contributed by atoms with E-state index in [1.807, 2.05) is 0 Å². The number of hydrogen-bond acceptors (Lipinski definition) is 2. The third kappa shape index (κ3) is 31.0. The summed E-state index contributed by atoms with van der Waals surface area (Å²) in [6.07, 6.45) is 44.7. The molecule has 0 aliphatic rings. The molecule has 0 atom stereocenters. The molecule has 1 heterocycles. The van der Waals surface area contributed by atoms with Crippen LogP contribution in [0.1, 0.15) is 218 Å². The van der Waals surface area contributed by atoms with Gasteiger partial charge in [0.25, 0.3) is 0 Å². The van der Waals surface area contributed by atoms with Crippen molar-refractivity contribution in [3.63, 3.8) is 0 Å². The topological polar surface area (TPSA) is 18.5 Å². The van der Waals surface area contributed by atoms with Gasteiger partial charge in [-0.05, 0) is 0 Å². The third-order valence-corrected chi connectivity index (χ3v) is 11.4. The minimum absolute atomic E-state index is 0.549. The molecule has 1 rings (SSSR count). The van der Waals surface area contributed by atoms with E-state index < -0.39 is 0 Å². The van der Waals surface area contributed by atoms with Crippen LogP contribution in [0, 0.1) is 0 Å². The smallest absolute Gasteiger partial charge is 0.0654 e. The quantitative estimate of drug-likeness (QED) is 0.0506. The van der Waals surface area contributed by atoms with Crippen LogP contribution in [0.4, 0.5) is 0 Å². The Morgan fingerprint density at radius 2 is 0.578 bits per heavy atom. The third-order valence-electron chi connectivity index (χ3n) is 9.65. The Bertz CT molecular complexity index is 617. The molecule has 45 heavy (non-hydrogen) atoms. The van der Waals surface area contributed by atoms with Crippen LogP contribution in [0.3, 0.4) is 0 Å². The van der Waals surface area contributed by atoms with Crippen molar-refractivity contribution in [1.82, 2.24) is 0 Å². The Balaban J connectivity index is 1.80. The first kappa shape index (κ1) is 42.9. The molecule has 3 heteroatoms. The molecule has 0 amide bonds. The maximum absolute atomic E-state index is 6.01. The molecular formula is C42H80O2Se. The van der Waals surface area contributed by atoms with E-state index in [1.165, 1.54) is 193 Å². The summed E-state index contributed by atoms with van der Waals surface area (Å²) in [6.45, 7) is 8.26. The Labute approximate surface area is 289 Å². The summed E-state index contributed by atoms with van der Waals surface area (Å²) in [6, 6.07) is 0. The predicted octanol–water partition coefficient (Wildman–Crippen LogP) is 13.6. The van der Waals surface area contributed by atoms with Crippen LogP contribution in [0.2, 0.25) is 0 Å². The van der Waals surface area contributed by atoms with Crippen LogP contribution in [-0.2, 0) is 22.3 Å². The van der Waals surface area contributed by atoms with Crippen molar-refractivity contribution in [3.05, 3.63) is 21.0 Å². The minimum Gasteiger partial charge on any atom is -0.0654 e. The second-order valence-electron chi connectivity index (χ2n) is 14.0. The van der Waals surface area contributed by atoms with Gasteiger partial charge in [-0.2, -0.15) is 0 Å². The fourth-order valence-electron chi connectivity index (χ4n) is 6.51. The molecule has 266 valence electrons. The molecule has 0 fully saturated rings. The van der Waals surface area contributed by atoms with Gasteiger partial charge in [0.1, 0.15) is 0 Å². The fourth-order valence-corrected chi connectivity index (χ4v) is 8.47. The molecule has 0 aliphatic carbocycles. The van der Waals surface area contributed by atoms with Crippen LogP contribution in [-0.4, -0.2) is 40.9 Å². The molecule has 2 nitrogen and oxygen atoms in total. The molecule has 0 radical (unpaired) electrons. The molecular weight excluding hydrogens is 615 g/mol. The summed E-state index contributed by atoms with van der Waals surface area (Å²) < 4.78 is 12.0.